The van der Waals surface area contributed by atoms with E-state index in [9.17, 15) is 4.79 Å². The van der Waals surface area contributed by atoms with E-state index in [4.69, 9.17) is 5.73 Å². The topological polar surface area (TPSA) is 72.1 Å². The van der Waals surface area contributed by atoms with E-state index in [2.05, 4.69) is 9.97 Å². The SMILES string of the molecule is CN(Cc1cnccn1)C(=O)C(N)Cc1ccccc1.Cl.Cl. The average molecular weight is 343 g/mol. The minimum Gasteiger partial charge on any atom is -0.338 e. The van der Waals surface area contributed by atoms with Gasteiger partial charge in [0.1, 0.15) is 0 Å². The largest absolute Gasteiger partial charge is 0.338 e. The molecule has 1 aromatic heterocycles. The Hall–Kier alpha value is -1.69. The second kappa shape index (κ2) is 10.1. The molecule has 0 aliphatic heterocycles. The van der Waals surface area contributed by atoms with Crippen LogP contribution in [-0.4, -0.2) is 33.9 Å². The highest BCUT2D eigenvalue weighted by Crippen LogP contribution is 2.05. The molecule has 2 rings (SSSR count). The van der Waals surface area contributed by atoms with Crippen molar-refractivity contribution >= 4 is 30.7 Å². The Morgan fingerprint density at radius 3 is 2.50 bits per heavy atom. The lowest BCUT2D eigenvalue weighted by molar-refractivity contribution is -0.131. The lowest BCUT2D eigenvalue weighted by Gasteiger charge is -2.20. The maximum absolute atomic E-state index is 12.2. The first kappa shape index (κ1) is 20.3. The van der Waals surface area contributed by atoms with E-state index in [1.807, 2.05) is 30.3 Å². The zero-order valence-corrected chi connectivity index (χ0v) is 13.9. The molecule has 2 N–H and O–H groups in total. The Morgan fingerprint density at radius 2 is 1.91 bits per heavy atom. The summed E-state index contributed by atoms with van der Waals surface area (Å²) in [5, 5.41) is 0. The number of amides is 1. The van der Waals surface area contributed by atoms with Gasteiger partial charge in [0.2, 0.25) is 5.91 Å². The van der Waals surface area contributed by atoms with Crippen molar-refractivity contribution in [2.45, 2.75) is 19.0 Å². The van der Waals surface area contributed by atoms with Crippen LogP contribution in [0.5, 0.6) is 0 Å². The molecule has 2 aromatic rings. The smallest absolute Gasteiger partial charge is 0.239 e. The van der Waals surface area contributed by atoms with Crippen molar-refractivity contribution in [3.05, 3.63) is 60.2 Å². The molecule has 7 heteroatoms. The quantitative estimate of drug-likeness (QED) is 0.899. The highest BCUT2D eigenvalue weighted by atomic mass is 35.5. The highest BCUT2D eigenvalue weighted by molar-refractivity contribution is 5.85. The minimum absolute atomic E-state index is 0. The van der Waals surface area contributed by atoms with Gasteiger partial charge in [-0.1, -0.05) is 30.3 Å². The van der Waals surface area contributed by atoms with Crippen molar-refractivity contribution in [2.75, 3.05) is 7.05 Å². The summed E-state index contributed by atoms with van der Waals surface area (Å²) >= 11 is 0. The molecule has 1 atom stereocenters. The predicted molar refractivity (Wildman–Crippen MR) is 91.1 cm³/mol. The highest BCUT2D eigenvalue weighted by Gasteiger charge is 2.18. The first-order chi connectivity index (χ1) is 9.66. The van der Waals surface area contributed by atoms with E-state index in [0.29, 0.717) is 13.0 Å². The third-order valence-corrected chi connectivity index (χ3v) is 3.01. The Bertz CT molecular complexity index is 504. The van der Waals surface area contributed by atoms with Gasteiger partial charge in [-0.25, -0.2) is 0 Å². The van der Waals surface area contributed by atoms with Gasteiger partial charge in [-0.15, -0.1) is 24.8 Å². The van der Waals surface area contributed by atoms with E-state index in [-0.39, 0.29) is 30.7 Å². The summed E-state index contributed by atoms with van der Waals surface area (Å²) in [5.41, 5.74) is 7.78. The predicted octanol–water partition coefficient (Wildman–Crippen LogP) is 1.85. The molecule has 0 fully saturated rings. The van der Waals surface area contributed by atoms with Crippen LogP contribution >= 0.6 is 24.8 Å². The standard InChI is InChI=1S/C15H18N4O.2ClH/c1-19(11-13-10-17-7-8-18-13)15(20)14(16)9-12-5-3-2-4-6-12;;/h2-8,10,14H,9,11,16H2,1H3;2*1H. The fourth-order valence-electron chi connectivity index (χ4n) is 1.97. The summed E-state index contributed by atoms with van der Waals surface area (Å²) in [7, 11) is 1.72. The molecule has 1 heterocycles. The van der Waals surface area contributed by atoms with Crippen LogP contribution in [0.2, 0.25) is 0 Å². The first-order valence-corrected chi connectivity index (χ1v) is 6.46. The molecular formula is C15H20Cl2N4O. The third kappa shape index (κ3) is 5.97. The van der Waals surface area contributed by atoms with Crippen LogP contribution in [-0.2, 0) is 17.8 Å². The molecule has 1 unspecified atom stereocenters. The molecule has 0 saturated carbocycles. The van der Waals surface area contributed by atoms with Crippen LogP contribution in [0.1, 0.15) is 11.3 Å². The molecule has 0 aliphatic rings. The first-order valence-electron chi connectivity index (χ1n) is 6.46. The number of likely N-dealkylation sites (N-methyl/N-ethyl adjacent to an activating group) is 1. The number of benzene rings is 1. The van der Waals surface area contributed by atoms with Crippen molar-refractivity contribution < 1.29 is 4.79 Å². The second-order valence-corrected chi connectivity index (χ2v) is 4.69. The number of halogens is 2. The molecule has 120 valence electrons. The number of rotatable bonds is 5. The van der Waals surface area contributed by atoms with E-state index in [1.54, 1.807) is 30.5 Å². The van der Waals surface area contributed by atoms with Crippen LogP contribution in [0.3, 0.4) is 0 Å². The normalized spacial score (nSPS) is 10.8. The summed E-state index contributed by atoms with van der Waals surface area (Å²) in [4.78, 5) is 21.9. The lowest BCUT2D eigenvalue weighted by atomic mass is 10.1. The van der Waals surface area contributed by atoms with Crippen LogP contribution < -0.4 is 5.73 Å². The number of nitrogens with zero attached hydrogens (tertiary/aromatic N) is 3. The molecule has 1 aromatic carbocycles. The van der Waals surface area contributed by atoms with Crippen molar-refractivity contribution in [3.63, 3.8) is 0 Å². The maximum Gasteiger partial charge on any atom is 0.239 e. The Morgan fingerprint density at radius 1 is 1.23 bits per heavy atom. The van der Waals surface area contributed by atoms with Crippen LogP contribution in [0.4, 0.5) is 0 Å². The number of aromatic nitrogens is 2. The van der Waals surface area contributed by atoms with Crippen molar-refractivity contribution in [2.24, 2.45) is 5.73 Å². The molecule has 0 aliphatic carbocycles. The van der Waals surface area contributed by atoms with Crippen molar-refractivity contribution in [1.29, 1.82) is 0 Å². The number of nitrogens with two attached hydrogens (primary N) is 1. The second-order valence-electron chi connectivity index (χ2n) is 4.69. The van der Waals surface area contributed by atoms with Crippen LogP contribution in [0.25, 0.3) is 0 Å². The lowest BCUT2D eigenvalue weighted by Crippen LogP contribution is -2.42. The molecule has 1 amide bonds. The maximum atomic E-state index is 12.2. The Labute approximate surface area is 142 Å². The Kier molecular flexibility index (Phi) is 9.33. The summed E-state index contributed by atoms with van der Waals surface area (Å²) in [6.45, 7) is 0.412. The van der Waals surface area contributed by atoms with Gasteiger partial charge >= 0.3 is 0 Å². The van der Waals surface area contributed by atoms with E-state index < -0.39 is 6.04 Å². The van der Waals surface area contributed by atoms with Gasteiger partial charge in [0, 0.05) is 19.4 Å². The summed E-state index contributed by atoms with van der Waals surface area (Å²) in [6, 6.07) is 9.22. The fourth-order valence-corrected chi connectivity index (χ4v) is 1.97. The van der Waals surface area contributed by atoms with Gasteiger partial charge in [0.15, 0.2) is 0 Å². The van der Waals surface area contributed by atoms with Crippen LogP contribution in [0.15, 0.2) is 48.9 Å². The van der Waals surface area contributed by atoms with Crippen molar-refractivity contribution in [3.8, 4) is 0 Å². The monoisotopic (exact) mass is 342 g/mol. The van der Waals surface area contributed by atoms with Gasteiger partial charge in [-0.05, 0) is 12.0 Å². The van der Waals surface area contributed by atoms with Crippen LogP contribution in [0, 0.1) is 0 Å². The van der Waals surface area contributed by atoms with Gasteiger partial charge in [0.05, 0.1) is 24.5 Å². The van der Waals surface area contributed by atoms with Gasteiger partial charge in [0.25, 0.3) is 0 Å². The summed E-state index contributed by atoms with van der Waals surface area (Å²) in [5.74, 6) is -0.0977. The summed E-state index contributed by atoms with van der Waals surface area (Å²) in [6.07, 6.45) is 5.39. The van der Waals surface area contributed by atoms with Crippen molar-refractivity contribution in [1.82, 2.24) is 14.9 Å². The number of carbonyl (C=O) groups is 1. The number of hydrogen-bond donors (Lipinski definition) is 1. The molecule has 0 bridgehead atoms. The van der Waals surface area contributed by atoms with Gasteiger partial charge < -0.3 is 10.6 Å². The van der Waals surface area contributed by atoms with E-state index in [0.717, 1.165) is 11.3 Å². The molecule has 0 saturated heterocycles. The molecule has 22 heavy (non-hydrogen) atoms. The fraction of sp³-hybridized carbons (Fsp3) is 0.267. The van der Waals surface area contributed by atoms with Gasteiger partial charge in [-0.3, -0.25) is 14.8 Å². The Balaban J connectivity index is 0.00000220. The summed E-state index contributed by atoms with van der Waals surface area (Å²) < 4.78 is 0. The molecular weight excluding hydrogens is 323 g/mol. The van der Waals surface area contributed by atoms with Gasteiger partial charge in [-0.2, -0.15) is 0 Å². The third-order valence-electron chi connectivity index (χ3n) is 3.01. The average Bonchev–Trinajstić information content (AvgIpc) is 2.48. The zero-order valence-electron chi connectivity index (χ0n) is 12.3. The zero-order chi connectivity index (χ0) is 14.4. The molecule has 0 spiro atoms. The number of carbonyl (C=O) groups excluding carboxylic acids is 1. The van der Waals surface area contributed by atoms with E-state index >= 15 is 0 Å². The molecule has 0 radical (unpaired) electrons. The van der Waals surface area contributed by atoms with E-state index in [1.165, 1.54) is 0 Å². The molecule has 5 nitrogen and oxygen atoms in total. The number of hydrogen-bond acceptors (Lipinski definition) is 4. The minimum atomic E-state index is -0.543.